The molecular formula is C25H31CuO3P2. The first kappa shape index (κ1) is 31.4. The van der Waals surface area contributed by atoms with Crippen LogP contribution in [0.1, 0.15) is 28.4 Å². The van der Waals surface area contributed by atoms with E-state index in [0.29, 0.717) is 11.1 Å². The molecule has 0 bridgehead atoms. The van der Waals surface area contributed by atoms with Gasteiger partial charge in [0, 0.05) is 5.56 Å². The second-order valence-electron chi connectivity index (χ2n) is 6.54. The summed E-state index contributed by atoms with van der Waals surface area (Å²) in [5.74, 6) is -2.55. The van der Waals surface area contributed by atoms with E-state index in [1.165, 1.54) is 0 Å². The van der Waals surface area contributed by atoms with Crippen LogP contribution in [0.4, 0.5) is 0 Å². The second-order valence-corrected chi connectivity index (χ2v) is 6.54. The van der Waals surface area contributed by atoms with Gasteiger partial charge >= 0.3 is 23.0 Å². The van der Waals surface area contributed by atoms with Crippen molar-refractivity contribution in [3.05, 3.63) is 128 Å². The molecule has 3 aromatic rings. The van der Waals surface area contributed by atoms with Crippen LogP contribution in [0.15, 0.2) is 104 Å². The Hall–Kier alpha value is -1.79. The molecule has 3 aromatic carbocycles. The maximum atomic E-state index is 12.8. The Balaban J connectivity index is 0. The molecule has 3 rings (SSSR count). The van der Waals surface area contributed by atoms with Crippen LogP contribution in [-0.4, -0.2) is 11.1 Å². The zero-order chi connectivity index (χ0) is 19.3. The van der Waals surface area contributed by atoms with E-state index in [1.807, 2.05) is 42.5 Å². The van der Waals surface area contributed by atoms with Gasteiger partial charge in [0.1, 0.15) is 0 Å². The minimum Gasteiger partial charge on any atom is -0.424 e. The van der Waals surface area contributed by atoms with Gasteiger partial charge in [0.15, 0.2) is 0 Å². The van der Waals surface area contributed by atoms with E-state index in [1.54, 1.807) is 61.5 Å². The molecule has 3 unspecified atom stereocenters. The molecule has 0 aliphatic rings. The van der Waals surface area contributed by atoms with Gasteiger partial charge in [0.05, 0.1) is 11.0 Å². The van der Waals surface area contributed by atoms with Gasteiger partial charge in [-0.05, 0) is 24.6 Å². The molecule has 0 saturated heterocycles. The molecule has 0 amide bonds. The van der Waals surface area contributed by atoms with E-state index >= 15 is 0 Å². The van der Waals surface area contributed by atoms with Crippen molar-refractivity contribution in [3.8, 4) is 0 Å². The van der Waals surface area contributed by atoms with Crippen molar-refractivity contribution in [2.24, 2.45) is 0 Å². The van der Waals surface area contributed by atoms with Crippen LogP contribution in [0.25, 0.3) is 0 Å². The van der Waals surface area contributed by atoms with E-state index in [-0.39, 0.29) is 44.3 Å². The molecule has 6 heteroatoms. The van der Waals surface area contributed by atoms with Gasteiger partial charge in [0.2, 0.25) is 0 Å². The number of hydrogen-bond acceptors (Lipinski definition) is 3. The summed E-state index contributed by atoms with van der Waals surface area (Å²) in [5.41, 5.74) is 0.555. The SMILES string of the molecule is C=CC(C)(c1ccccc1)[C@@](O)(OC(=O)c1ccccc1)c1ccccc1.P.P.[CH3-].[Cu+]. The molecule has 1 N–H and O–H groups in total. The Labute approximate surface area is 203 Å². The predicted octanol–water partition coefficient (Wildman–Crippen LogP) is 5.40. The summed E-state index contributed by atoms with van der Waals surface area (Å²) in [4.78, 5) is 12.8. The van der Waals surface area contributed by atoms with Crippen molar-refractivity contribution in [2.75, 3.05) is 0 Å². The largest absolute Gasteiger partial charge is 1.00 e. The number of benzene rings is 3. The summed E-state index contributed by atoms with van der Waals surface area (Å²) < 4.78 is 5.77. The smallest absolute Gasteiger partial charge is 0.424 e. The minimum absolute atomic E-state index is 0. The average Bonchev–Trinajstić information content (AvgIpc) is 2.74. The number of ether oxygens (including phenoxy) is 1. The molecule has 31 heavy (non-hydrogen) atoms. The third-order valence-electron chi connectivity index (χ3n) is 4.90. The second kappa shape index (κ2) is 13.6. The van der Waals surface area contributed by atoms with E-state index in [2.05, 4.69) is 6.58 Å². The summed E-state index contributed by atoms with van der Waals surface area (Å²) >= 11 is 0. The normalized spacial score (nSPS) is 13.2. The molecule has 0 aromatic heterocycles. The number of carbonyl (C=O) groups excluding carboxylic acids is 1. The van der Waals surface area contributed by atoms with Gasteiger partial charge in [-0.2, -0.15) is 19.8 Å². The summed E-state index contributed by atoms with van der Waals surface area (Å²) in [6.07, 6.45) is 1.62. The first-order chi connectivity index (χ1) is 13.0. The standard InChI is InChI=1S/C24H22O3.CH3.Cu.2H3P/c1-3-23(2,20-15-9-5-10-16-20)24(26,21-17-11-6-12-18-21)27-22(25)19-13-7-4-8-14-19;;;;/h3-18,26H,1H2,2H3;1H3;;2*1H3/q;-1;+1;;/t23?,24-;;;;/m0..../s1. The molecule has 0 aliphatic carbocycles. The van der Waals surface area contributed by atoms with Gasteiger partial charge in [-0.15, -0.1) is 6.58 Å². The van der Waals surface area contributed by atoms with Crippen LogP contribution in [0.3, 0.4) is 0 Å². The van der Waals surface area contributed by atoms with Crippen molar-refractivity contribution in [1.29, 1.82) is 0 Å². The van der Waals surface area contributed by atoms with Gasteiger partial charge in [-0.1, -0.05) is 84.9 Å². The van der Waals surface area contributed by atoms with E-state index in [4.69, 9.17) is 4.74 Å². The summed E-state index contributed by atoms with van der Waals surface area (Å²) in [7, 11) is 0. The third-order valence-corrected chi connectivity index (χ3v) is 4.90. The van der Waals surface area contributed by atoms with Crippen LogP contribution >= 0.6 is 19.8 Å². The monoisotopic (exact) mass is 504 g/mol. The van der Waals surface area contributed by atoms with Crippen molar-refractivity contribution < 1.29 is 31.7 Å². The summed E-state index contributed by atoms with van der Waals surface area (Å²) in [6.45, 7) is 5.74. The van der Waals surface area contributed by atoms with Crippen LogP contribution in [0.5, 0.6) is 0 Å². The number of rotatable bonds is 6. The Morgan fingerprint density at radius 2 is 1.23 bits per heavy atom. The Kier molecular flexibility index (Phi) is 13.8. The van der Waals surface area contributed by atoms with Gasteiger partial charge in [-0.25, -0.2) is 4.79 Å². The number of carbonyl (C=O) groups is 1. The molecule has 4 atom stereocenters. The Morgan fingerprint density at radius 1 is 0.839 bits per heavy atom. The molecule has 170 valence electrons. The molecular weight excluding hydrogens is 474 g/mol. The molecule has 0 aliphatic heterocycles. The zero-order valence-electron chi connectivity index (χ0n) is 17.9. The molecule has 0 fully saturated rings. The van der Waals surface area contributed by atoms with Crippen LogP contribution in [0.2, 0.25) is 0 Å². The third kappa shape index (κ3) is 6.36. The van der Waals surface area contributed by atoms with E-state index in [0.717, 1.165) is 5.56 Å². The Bertz CT molecular complexity index is 923. The summed E-state index contributed by atoms with van der Waals surface area (Å²) in [5, 5.41) is 11.8. The fraction of sp³-hybridized carbons (Fsp3) is 0.120. The van der Waals surface area contributed by atoms with Crippen LogP contribution < -0.4 is 0 Å². The first-order valence-electron chi connectivity index (χ1n) is 8.76. The van der Waals surface area contributed by atoms with Crippen LogP contribution in [0, 0.1) is 7.43 Å². The van der Waals surface area contributed by atoms with Crippen molar-refractivity contribution in [1.82, 2.24) is 0 Å². The van der Waals surface area contributed by atoms with Crippen LogP contribution in [-0.2, 0) is 33.0 Å². The minimum atomic E-state index is -1.94. The number of hydrogen-bond donors (Lipinski definition) is 1. The molecule has 0 heterocycles. The maximum Gasteiger partial charge on any atom is 1.00 e. The fourth-order valence-corrected chi connectivity index (χ4v) is 3.13. The van der Waals surface area contributed by atoms with Gasteiger partial charge in [-0.3, -0.25) is 0 Å². The predicted molar refractivity (Wildman–Crippen MR) is 135 cm³/mol. The zero-order valence-corrected chi connectivity index (χ0v) is 21.7. The quantitative estimate of drug-likeness (QED) is 0.122. The average molecular weight is 505 g/mol. The summed E-state index contributed by atoms with van der Waals surface area (Å²) in [6, 6.07) is 27.0. The maximum absolute atomic E-state index is 12.8. The fourth-order valence-electron chi connectivity index (χ4n) is 3.13. The van der Waals surface area contributed by atoms with Gasteiger partial charge in [0.25, 0.3) is 5.79 Å². The van der Waals surface area contributed by atoms with Gasteiger partial charge < -0.3 is 17.3 Å². The van der Waals surface area contributed by atoms with E-state index in [9.17, 15) is 9.90 Å². The topological polar surface area (TPSA) is 46.5 Å². The first-order valence-corrected chi connectivity index (χ1v) is 8.76. The number of esters is 1. The Morgan fingerprint density at radius 3 is 1.65 bits per heavy atom. The molecule has 0 radical (unpaired) electrons. The molecule has 0 spiro atoms. The van der Waals surface area contributed by atoms with E-state index < -0.39 is 17.2 Å². The number of aliphatic hydroxyl groups is 1. The van der Waals surface area contributed by atoms with Crippen molar-refractivity contribution >= 4 is 25.8 Å². The van der Waals surface area contributed by atoms with Crippen molar-refractivity contribution in [2.45, 2.75) is 18.1 Å². The van der Waals surface area contributed by atoms with Crippen molar-refractivity contribution in [3.63, 3.8) is 0 Å². The molecule has 3 nitrogen and oxygen atoms in total. The molecule has 0 saturated carbocycles.